The van der Waals surface area contributed by atoms with Crippen molar-refractivity contribution in [1.29, 1.82) is 0 Å². The average Bonchev–Trinajstić information content (AvgIpc) is 3.03. The van der Waals surface area contributed by atoms with Gasteiger partial charge < -0.3 is 19.7 Å². The van der Waals surface area contributed by atoms with E-state index in [1.54, 1.807) is 6.07 Å². The van der Waals surface area contributed by atoms with Crippen LogP contribution in [0, 0.1) is 6.92 Å². The molecule has 2 aromatic rings. The molecule has 0 aromatic heterocycles. The van der Waals surface area contributed by atoms with Crippen molar-refractivity contribution >= 4 is 17.3 Å². The van der Waals surface area contributed by atoms with E-state index in [2.05, 4.69) is 42.3 Å². The molecule has 0 saturated carbocycles. The summed E-state index contributed by atoms with van der Waals surface area (Å²) in [5.74, 6) is 1.37. The van der Waals surface area contributed by atoms with Gasteiger partial charge in [-0.2, -0.15) is 0 Å². The standard InChI is InChI=1S/C19H22N2O3/c1-3-21(16-6-4-5-14(2)11-16)10-9-19(22)20-15-7-8-17-18(12-15)24-13-23-17/h4-8,11-12H,3,9-10,13H2,1-2H3,(H,20,22). The molecule has 3 rings (SSSR count). The quantitative estimate of drug-likeness (QED) is 0.881. The first-order valence-electron chi connectivity index (χ1n) is 8.17. The van der Waals surface area contributed by atoms with Gasteiger partial charge in [0.15, 0.2) is 11.5 Å². The Kier molecular flexibility index (Phi) is 4.89. The number of fused-ring (bicyclic) bond motifs is 1. The van der Waals surface area contributed by atoms with Gasteiger partial charge in [0.2, 0.25) is 12.7 Å². The van der Waals surface area contributed by atoms with Gasteiger partial charge in [-0.25, -0.2) is 0 Å². The lowest BCUT2D eigenvalue weighted by Crippen LogP contribution is -2.27. The average molecular weight is 326 g/mol. The fourth-order valence-corrected chi connectivity index (χ4v) is 2.73. The minimum atomic E-state index is -0.0139. The van der Waals surface area contributed by atoms with E-state index in [4.69, 9.17) is 9.47 Å². The first-order chi connectivity index (χ1) is 11.7. The van der Waals surface area contributed by atoms with Crippen molar-refractivity contribution < 1.29 is 14.3 Å². The van der Waals surface area contributed by atoms with Crippen LogP contribution in [-0.2, 0) is 4.79 Å². The minimum absolute atomic E-state index is 0.0139. The van der Waals surface area contributed by atoms with Crippen LogP contribution in [0.3, 0.4) is 0 Å². The maximum atomic E-state index is 12.2. The molecule has 1 aliphatic rings. The molecule has 0 saturated heterocycles. The first kappa shape index (κ1) is 16.2. The molecule has 1 heterocycles. The zero-order valence-corrected chi connectivity index (χ0v) is 14.0. The van der Waals surface area contributed by atoms with Crippen molar-refractivity contribution in [3.63, 3.8) is 0 Å². The monoisotopic (exact) mass is 326 g/mol. The number of hydrogen-bond acceptors (Lipinski definition) is 4. The number of nitrogens with one attached hydrogen (secondary N) is 1. The van der Waals surface area contributed by atoms with Crippen LogP contribution in [0.1, 0.15) is 18.9 Å². The summed E-state index contributed by atoms with van der Waals surface area (Å²) in [5, 5.41) is 2.91. The van der Waals surface area contributed by atoms with Crippen LogP contribution in [0.2, 0.25) is 0 Å². The summed E-state index contributed by atoms with van der Waals surface area (Å²) in [4.78, 5) is 14.4. The van der Waals surface area contributed by atoms with E-state index in [1.807, 2.05) is 18.2 Å². The molecule has 126 valence electrons. The molecule has 0 fully saturated rings. The van der Waals surface area contributed by atoms with Crippen LogP contribution >= 0.6 is 0 Å². The molecule has 24 heavy (non-hydrogen) atoms. The van der Waals surface area contributed by atoms with Gasteiger partial charge in [0.1, 0.15) is 0 Å². The highest BCUT2D eigenvalue weighted by molar-refractivity contribution is 5.91. The number of anilines is 2. The van der Waals surface area contributed by atoms with Crippen LogP contribution in [-0.4, -0.2) is 25.8 Å². The second kappa shape index (κ2) is 7.25. The third-order valence-corrected chi connectivity index (χ3v) is 4.01. The van der Waals surface area contributed by atoms with E-state index in [9.17, 15) is 4.79 Å². The van der Waals surface area contributed by atoms with E-state index in [0.717, 1.165) is 17.9 Å². The smallest absolute Gasteiger partial charge is 0.231 e. The number of ether oxygens (including phenoxy) is 2. The Bertz CT molecular complexity index is 730. The van der Waals surface area contributed by atoms with Crippen LogP contribution in [0.15, 0.2) is 42.5 Å². The van der Waals surface area contributed by atoms with E-state index < -0.39 is 0 Å². The Morgan fingerprint density at radius 3 is 2.79 bits per heavy atom. The molecule has 1 aliphatic heterocycles. The lowest BCUT2D eigenvalue weighted by Gasteiger charge is -2.23. The summed E-state index contributed by atoms with van der Waals surface area (Å²) in [5.41, 5.74) is 3.09. The molecule has 1 amide bonds. The van der Waals surface area contributed by atoms with Crippen LogP contribution in [0.25, 0.3) is 0 Å². The molecule has 0 atom stereocenters. The van der Waals surface area contributed by atoms with Gasteiger partial charge in [-0.1, -0.05) is 12.1 Å². The molecular formula is C19H22N2O3. The van der Waals surface area contributed by atoms with Crippen molar-refractivity contribution in [3.05, 3.63) is 48.0 Å². The number of nitrogens with zero attached hydrogens (tertiary/aromatic N) is 1. The topological polar surface area (TPSA) is 50.8 Å². The normalized spacial score (nSPS) is 12.1. The molecule has 0 spiro atoms. The summed E-state index contributed by atoms with van der Waals surface area (Å²) in [7, 11) is 0. The lowest BCUT2D eigenvalue weighted by molar-refractivity contribution is -0.116. The molecular weight excluding hydrogens is 304 g/mol. The summed E-state index contributed by atoms with van der Waals surface area (Å²) < 4.78 is 10.6. The van der Waals surface area contributed by atoms with Crippen LogP contribution in [0.5, 0.6) is 11.5 Å². The van der Waals surface area contributed by atoms with E-state index in [1.165, 1.54) is 5.56 Å². The predicted molar refractivity (Wildman–Crippen MR) is 94.9 cm³/mol. The number of rotatable bonds is 6. The molecule has 5 nitrogen and oxygen atoms in total. The van der Waals surface area contributed by atoms with Crippen molar-refractivity contribution in [1.82, 2.24) is 0 Å². The number of carbonyl (C=O) groups excluding carboxylic acids is 1. The second-order valence-corrected chi connectivity index (χ2v) is 5.78. The molecule has 5 heteroatoms. The zero-order valence-electron chi connectivity index (χ0n) is 14.0. The van der Waals surface area contributed by atoms with Crippen molar-refractivity contribution in [2.24, 2.45) is 0 Å². The van der Waals surface area contributed by atoms with Gasteiger partial charge in [0, 0.05) is 37.0 Å². The Balaban J connectivity index is 1.56. The predicted octanol–water partition coefficient (Wildman–Crippen LogP) is 3.58. The van der Waals surface area contributed by atoms with Crippen molar-refractivity contribution in [3.8, 4) is 11.5 Å². The fourth-order valence-electron chi connectivity index (χ4n) is 2.73. The molecule has 0 unspecified atom stereocenters. The van der Waals surface area contributed by atoms with Gasteiger partial charge in [-0.3, -0.25) is 4.79 Å². The summed E-state index contributed by atoms with van der Waals surface area (Å²) in [6, 6.07) is 13.8. The number of benzene rings is 2. The summed E-state index contributed by atoms with van der Waals surface area (Å²) in [6.07, 6.45) is 0.427. The highest BCUT2D eigenvalue weighted by Crippen LogP contribution is 2.34. The minimum Gasteiger partial charge on any atom is -0.454 e. The summed E-state index contributed by atoms with van der Waals surface area (Å²) in [6.45, 7) is 5.94. The fraction of sp³-hybridized carbons (Fsp3) is 0.316. The van der Waals surface area contributed by atoms with E-state index in [-0.39, 0.29) is 12.7 Å². The number of amides is 1. The molecule has 0 radical (unpaired) electrons. The number of carbonyl (C=O) groups is 1. The largest absolute Gasteiger partial charge is 0.454 e. The highest BCUT2D eigenvalue weighted by Gasteiger charge is 2.14. The molecule has 2 aromatic carbocycles. The van der Waals surface area contributed by atoms with E-state index >= 15 is 0 Å². The molecule has 1 N–H and O–H groups in total. The maximum absolute atomic E-state index is 12.2. The van der Waals surface area contributed by atoms with Gasteiger partial charge >= 0.3 is 0 Å². The third-order valence-electron chi connectivity index (χ3n) is 4.01. The summed E-state index contributed by atoms with van der Waals surface area (Å²) >= 11 is 0. The number of hydrogen-bond donors (Lipinski definition) is 1. The van der Waals surface area contributed by atoms with Crippen LogP contribution in [0.4, 0.5) is 11.4 Å². The van der Waals surface area contributed by atoms with Gasteiger partial charge in [0.05, 0.1) is 0 Å². The maximum Gasteiger partial charge on any atom is 0.231 e. The van der Waals surface area contributed by atoms with Crippen molar-refractivity contribution in [2.45, 2.75) is 20.3 Å². The zero-order chi connectivity index (χ0) is 16.9. The Labute approximate surface area is 142 Å². The Morgan fingerprint density at radius 1 is 1.17 bits per heavy atom. The van der Waals surface area contributed by atoms with Gasteiger partial charge in [-0.15, -0.1) is 0 Å². The highest BCUT2D eigenvalue weighted by atomic mass is 16.7. The lowest BCUT2D eigenvalue weighted by atomic mass is 10.2. The van der Waals surface area contributed by atoms with Gasteiger partial charge in [0.25, 0.3) is 0 Å². The Morgan fingerprint density at radius 2 is 2.00 bits per heavy atom. The van der Waals surface area contributed by atoms with Gasteiger partial charge in [-0.05, 0) is 43.7 Å². The molecule has 0 bridgehead atoms. The Hall–Kier alpha value is -2.69. The van der Waals surface area contributed by atoms with E-state index in [0.29, 0.717) is 24.5 Å². The van der Waals surface area contributed by atoms with Crippen molar-refractivity contribution in [2.75, 3.05) is 30.1 Å². The molecule has 0 aliphatic carbocycles. The second-order valence-electron chi connectivity index (χ2n) is 5.78. The number of aryl methyl sites for hydroxylation is 1. The third kappa shape index (κ3) is 3.79. The first-order valence-corrected chi connectivity index (χ1v) is 8.17. The van der Waals surface area contributed by atoms with Crippen LogP contribution < -0.4 is 19.7 Å². The SMILES string of the molecule is CCN(CCC(=O)Nc1ccc2c(c1)OCO2)c1cccc(C)c1.